The summed E-state index contributed by atoms with van der Waals surface area (Å²) >= 11 is 0. The lowest BCUT2D eigenvalue weighted by atomic mass is 9.87. The Hall–Kier alpha value is -2.62. The van der Waals surface area contributed by atoms with Crippen molar-refractivity contribution < 1.29 is 9.59 Å². The summed E-state index contributed by atoms with van der Waals surface area (Å²) in [6.07, 6.45) is 4.34. The van der Waals surface area contributed by atoms with Crippen LogP contribution >= 0.6 is 0 Å². The fourth-order valence-corrected chi connectivity index (χ4v) is 4.55. The number of allylic oxidation sites excluding steroid dienone is 2. The van der Waals surface area contributed by atoms with Crippen LogP contribution in [0.3, 0.4) is 0 Å². The van der Waals surface area contributed by atoms with Gasteiger partial charge in [0.25, 0.3) is 0 Å². The fourth-order valence-electron chi connectivity index (χ4n) is 4.55. The summed E-state index contributed by atoms with van der Waals surface area (Å²) in [6.45, 7) is 3.48. The third-order valence-corrected chi connectivity index (χ3v) is 5.87. The maximum Gasteiger partial charge on any atom is 0.212 e. The fraction of sp³-hybridized carbons (Fsp3) is 0.364. The molecule has 0 radical (unpaired) electrons. The number of hydrogen-bond donors (Lipinski definition) is 0. The second-order valence-corrected chi connectivity index (χ2v) is 7.49. The summed E-state index contributed by atoms with van der Waals surface area (Å²) in [5.74, 6) is 0.0447. The van der Waals surface area contributed by atoms with Crippen LogP contribution in [0.25, 0.3) is 10.8 Å². The van der Waals surface area contributed by atoms with Crippen molar-refractivity contribution in [2.24, 2.45) is 0 Å². The quantitative estimate of drug-likeness (QED) is 0.833. The first-order chi connectivity index (χ1) is 12.7. The van der Waals surface area contributed by atoms with Crippen molar-refractivity contribution in [3.63, 3.8) is 0 Å². The summed E-state index contributed by atoms with van der Waals surface area (Å²) in [6, 6.07) is 11.8. The zero-order valence-electron chi connectivity index (χ0n) is 14.8. The van der Waals surface area contributed by atoms with Gasteiger partial charge in [-0.2, -0.15) is 0 Å². The molecule has 2 fully saturated rings. The smallest absolute Gasteiger partial charge is 0.212 e. The molecule has 0 aromatic heterocycles. The van der Waals surface area contributed by atoms with Crippen molar-refractivity contribution in [1.82, 2.24) is 9.80 Å². The molecule has 0 atom stereocenters. The van der Waals surface area contributed by atoms with E-state index in [-0.39, 0.29) is 11.6 Å². The summed E-state index contributed by atoms with van der Waals surface area (Å²) in [4.78, 5) is 31.3. The molecule has 0 N–H and O–H groups in total. The highest BCUT2D eigenvalue weighted by atomic mass is 16.1. The Kier molecular flexibility index (Phi) is 3.59. The van der Waals surface area contributed by atoms with E-state index in [4.69, 9.17) is 0 Å². The largest absolute Gasteiger partial charge is 0.367 e. The molecule has 1 aliphatic carbocycles. The summed E-state index contributed by atoms with van der Waals surface area (Å²) < 4.78 is 0. The Balaban J connectivity index is 1.72. The highest BCUT2D eigenvalue weighted by molar-refractivity contribution is 6.27. The van der Waals surface area contributed by atoms with E-state index in [2.05, 4.69) is 9.80 Å². The molecule has 4 nitrogen and oxygen atoms in total. The molecule has 2 aromatic rings. The molecule has 0 unspecified atom stereocenters. The molecule has 132 valence electrons. The Morgan fingerprint density at radius 2 is 1.00 bits per heavy atom. The first-order valence-corrected chi connectivity index (χ1v) is 9.60. The number of hydrogen-bond acceptors (Lipinski definition) is 4. The molecular formula is C22H22N2O2. The highest BCUT2D eigenvalue weighted by Crippen LogP contribution is 2.35. The van der Waals surface area contributed by atoms with Crippen molar-refractivity contribution >= 4 is 22.3 Å². The third-order valence-electron chi connectivity index (χ3n) is 5.87. The van der Waals surface area contributed by atoms with Crippen molar-refractivity contribution in [3.05, 3.63) is 58.9 Å². The molecule has 2 saturated heterocycles. The van der Waals surface area contributed by atoms with Crippen molar-refractivity contribution in [2.75, 3.05) is 26.2 Å². The Labute approximate surface area is 153 Å². The summed E-state index contributed by atoms with van der Waals surface area (Å²) in [5, 5.41) is 2.02. The van der Waals surface area contributed by atoms with E-state index in [1.165, 1.54) is 0 Å². The third kappa shape index (κ3) is 2.28. The number of Topliss-reactive ketones (excluding diaryl/α,β-unsaturated/α-hetero) is 2. The first kappa shape index (κ1) is 15.6. The van der Waals surface area contributed by atoms with Crippen LogP contribution in [0.4, 0.5) is 0 Å². The van der Waals surface area contributed by atoms with Crippen molar-refractivity contribution in [1.29, 1.82) is 0 Å². The minimum Gasteiger partial charge on any atom is -0.367 e. The molecule has 26 heavy (non-hydrogen) atoms. The molecule has 2 heterocycles. The summed E-state index contributed by atoms with van der Waals surface area (Å²) in [5.41, 5.74) is 2.44. The zero-order valence-corrected chi connectivity index (χ0v) is 14.8. The van der Waals surface area contributed by atoms with Crippen LogP contribution in [0.15, 0.2) is 47.8 Å². The van der Waals surface area contributed by atoms with Crippen LogP contribution in [0.1, 0.15) is 46.4 Å². The lowest BCUT2D eigenvalue weighted by molar-refractivity contribution is 0.0918. The Morgan fingerprint density at radius 1 is 0.615 bits per heavy atom. The molecular weight excluding hydrogens is 324 g/mol. The number of carbonyl (C=O) groups is 2. The number of rotatable bonds is 2. The standard InChI is InChI=1S/C22H22N2O2/c25-21-17-13-15-7-1-2-8-16(15)14-18(17)22(26)20(24-11-5-6-12-24)19(21)23-9-3-4-10-23/h1-2,7-8,13-14H,3-6,9-12H2. The second-order valence-electron chi connectivity index (χ2n) is 7.49. The van der Waals surface area contributed by atoms with E-state index in [9.17, 15) is 9.59 Å². The van der Waals surface area contributed by atoms with Crippen LogP contribution in [-0.2, 0) is 0 Å². The maximum atomic E-state index is 13.5. The van der Waals surface area contributed by atoms with Gasteiger partial charge < -0.3 is 9.80 Å². The number of nitrogens with zero attached hydrogens (tertiary/aromatic N) is 2. The Bertz CT molecular complexity index is 871. The number of carbonyl (C=O) groups excluding carboxylic acids is 2. The van der Waals surface area contributed by atoms with Crippen LogP contribution < -0.4 is 0 Å². The predicted molar refractivity (Wildman–Crippen MR) is 101 cm³/mol. The predicted octanol–water partition coefficient (Wildman–Crippen LogP) is 3.62. The van der Waals surface area contributed by atoms with Gasteiger partial charge in [-0.1, -0.05) is 24.3 Å². The molecule has 0 bridgehead atoms. The second kappa shape index (κ2) is 5.97. The average Bonchev–Trinajstić information content (AvgIpc) is 3.37. The van der Waals surface area contributed by atoms with Crippen LogP contribution in [0.2, 0.25) is 0 Å². The van der Waals surface area contributed by atoms with E-state index in [1.807, 2.05) is 36.4 Å². The maximum absolute atomic E-state index is 13.5. The van der Waals surface area contributed by atoms with Crippen molar-refractivity contribution in [2.45, 2.75) is 25.7 Å². The molecule has 2 aromatic carbocycles. The molecule has 5 rings (SSSR count). The SMILES string of the molecule is O=C1C(N2CCCC2)=C(N2CCCC2)C(=O)c2cc3ccccc3cc21. The van der Waals surface area contributed by atoms with Gasteiger partial charge >= 0.3 is 0 Å². The summed E-state index contributed by atoms with van der Waals surface area (Å²) in [7, 11) is 0. The van der Waals surface area contributed by atoms with Gasteiger partial charge in [-0.25, -0.2) is 0 Å². The van der Waals surface area contributed by atoms with Gasteiger partial charge in [0, 0.05) is 37.3 Å². The van der Waals surface area contributed by atoms with Crippen LogP contribution in [-0.4, -0.2) is 47.5 Å². The van der Waals surface area contributed by atoms with Gasteiger partial charge in [0.05, 0.1) is 0 Å². The molecule has 3 aliphatic rings. The number of likely N-dealkylation sites (tertiary alicyclic amines) is 2. The molecule has 4 heteroatoms. The van der Waals surface area contributed by atoms with E-state index in [0.717, 1.165) is 62.6 Å². The van der Waals surface area contributed by atoms with E-state index in [1.54, 1.807) is 0 Å². The zero-order chi connectivity index (χ0) is 17.7. The van der Waals surface area contributed by atoms with E-state index < -0.39 is 0 Å². The van der Waals surface area contributed by atoms with Crippen LogP contribution in [0.5, 0.6) is 0 Å². The molecule has 2 aliphatic heterocycles. The number of fused-ring (bicyclic) bond motifs is 2. The van der Waals surface area contributed by atoms with Crippen molar-refractivity contribution in [3.8, 4) is 0 Å². The molecule has 0 spiro atoms. The minimum atomic E-state index is 0.0224. The lowest BCUT2D eigenvalue weighted by Crippen LogP contribution is -2.38. The monoisotopic (exact) mass is 346 g/mol. The van der Waals surface area contributed by atoms with E-state index >= 15 is 0 Å². The Morgan fingerprint density at radius 3 is 1.38 bits per heavy atom. The first-order valence-electron chi connectivity index (χ1n) is 9.60. The van der Waals surface area contributed by atoms with E-state index in [0.29, 0.717) is 22.5 Å². The highest BCUT2D eigenvalue weighted by Gasteiger charge is 2.39. The molecule has 0 amide bonds. The normalized spacial score (nSPS) is 20.5. The number of benzene rings is 2. The average molecular weight is 346 g/mol. The topological polar surface area (TPSA) is 40.6 Å². The van der Waals surface area contributed by atoms with Gasteiger partial charge in [0.15, 0.2) is 0 Å². The minimum absolute atomic E-state index is 0.0224. The molecule has 0 saturated carbocycles. The van der Waals surface area contributed by atoms with Gasteiger partial charge in [-0.05, 0) is 48.6 Å². The number of ketones is 2. The lowest BCUT2D eigenvalue weighted by Gasteiger charge is -2.32. The van der Waals surface area contributed by atoms with Gasteiger partial charge in [0.1, 0.15) is 11.4 Å². The van der Waals surface area contributed by atoms with Gasteiger partial charge in [-0.3, -0.25) is 9.59 Å². The van der Waals surface area contributed by atoms with Gasteiger partial charge in [0.2, 0.25) is 11.6 Å². The van der Waals surface area contributed by atoms with Gasteiger partial charge in [-0.15, -0.1) is 0 Å². The van der Waals surface area contributed by atoms with Crippen LogP contribution in [0, 0.1) is 0 Å².